The van der Waals surface area contributed by atoms with Gasteiger partial charge in [0, 0.05) is 6.42 Å². The predicted octanol–water partition coefficient (Wildman–Crippen LogP) is 5.17. The fourth-order valence-electron chi connectivity index (χ4n) is 3.78. The van der Waals surface area contributed by atoms with E-state index in [1.807, 2.05) is 0 Å². The smallest absolute Gasteiger partial charge is 0.119 e. The lowest BCUT2D eigenvalue weighted by Crippen LogP contribution is -2.46. The zero-order valence-electron chi connectivity index (χ0n) is 15.2. The van der Waals surface area contributed by atoms with Gasteiger partial charge in [-0.05, 0) is 48.9 Å². The molecule has 1 N–H and O–H groups in total. The molecule has 0 saturated heterocycles. The Morgan fingerprint density at radius 2 is 1.58 bits per heavy atom. The first-order valence-corrected chi connectivity index (χ1v) is 9.54. The zero-order valence-corrected chi connectivity index (χ0v) is 15.2. The Morgan fingerprint density at radius 1 is 0.923 bits per heavy atom. The summed E-state index contributed by atoms with van der Waals surface area (Å²) in [6, 6.07) is 21.4. The van der Waals surface area contributed by atoms with Gasteiger partial charge < -0.3 is 10.1 Å². The molecule has 0 aromatic heterocycles. The van der Waals surface area contributed by atoms with Gasteiger partial charge in [-0.1, -0.05) is 78.9 Å². The number of carbonyl (C=O) groups is 1. The van der Waals surface area contributed by atoms with Crippen molar-refractivity contribution in [2.24, 2.45) is 0 Å². The second-order valence-electron chi connectivity index (χ2n) is 6.73. The number of unbranched alkanes of at least 4 members (excludes halogenated alkanes) is 2. The second kappa shape index (κ2) is 9.30. The lowest BCUT2D eigenvalue weighted by molar-refractivity contribution is -0.107. The molecule has 2 heteroatoms. The Labute approximate surface area is 156 Å². The van der Waals surface area contributed by atoms with E-state index in [-0.39, 0.29) is 5.54 Å². The molecule has 0 radical (unpaired) electrons. The zero-order chi connectivity index (χ0) is 18.1. The molecular weight excluding hydrogens is 318 g/mol. The fraction of sp³-hybridized carbons (Fsp3) is 0.292. The van der Waals surface area contributed by atoms with Crippen LogP contribution in [0.3, 0.4) is 0 Å². The number of hydrogen-bond acceptors (Lipinski definition) is 2. The van der Waals surface area contributed by atoms with E-state index in [2.05, 4.69) is 84.2 Å². The third-order valence-electron chi connectivity index (χ3n) is 5.05. The van der Waals surface area contributed by atoms with Gasteiger partial charge in [0.1, 0.15) is 6.29 Å². The monoisotopic (exact) mass is 345 g/mol. The summed E-state index contributed by atoms with van der Waals surface area (Å²) in [5.41, 5.74) is 3.60. The van der Waals surface area contributed by atoms with Crippen molar-refractivity contribution in [1.29, 1.82) is 0 Å². The average Bonchev–Trinajstić information content (AvgIpc) is 2.73. The largest absolute Gasteiger partial charge is 0.303 e. The molecule has 0 heterocycles. The van der Waals surface area contributed by atoms with E-state index in [0.29, 0.717) is 6.42 Å². The van der Waals surface area contributed by atoms with Gasteiger partial charge in [-0.15, -0.1) is 0 Å². The molecule has 0 bridgehead atoms. The number of carbonyl (C=O) groups excluding carboxylic acids is 1. The first kappa shape index (κ1) is 18.3. The minimum atomic E-state index is -0.325. The Bertz CT molecular complexity index is 707. The number of nitrogens with one attached hydrogen (secondary N) is 1. The molecule has 0 atom stereocenters. The van der Waals surface area contributed by atoms with Crippen LogP contribution in [0.2, 0.25) is 0 Å². The first-order chi connectivity index (χ1) is 12.9. The van der Waals surface area contributed by atoms with Crippen molar-refractivity contribution in [2.75, 3.05) is 6.54 Å². The maximum atomic E-state index is 10.6. The maximum Gasteiger partial charge on any atom is 0.119 e. The summed E-state index contributed by atoms with van der Waals surface area (Å²) in [7, 11) is 0. The molecule has 0 amide bonds. The van der Waals surface area contributed by atoms with Crippen molar-refractivity contribution in [3.63, 3.8) is 0 Å². The highest BCUT2D eigenvalue weighted by Gasteiger charge is 2.37. The molecule has 0 aliphatic heterocycles. The normalized spacial score (nSPS) is 14.1. The minimum Gasteiger partial charge on any atom is -0.303 e. The van der Waals surface area contributed by atoms with Gasteiger partial charge in [0.05, 0.1) is 5.54 Å². The molecule has 1 aliphatic rings. The topological polar surface area (TPSA) is 29.1 Å². The quantitative estimate of drug-likeness (QED) is 0.502. The fourth-order valence-corrected chi connectivity index (χ4v) is 3.78. The second-order valence-corrected chi connectivity index (χ2v) is 6.73. The van der Waals surface area contributed by atoms with Crippen LogP contribution in [0, 0.1) is 0 Å². The van der Waals surface area contributed by atoms with Crippen LogP contribution in [-0.4, -0.2) is 12.8 Å². The summed E-state index contributed by atoms with van der Waals surface area (Å²) < 4.78 is 0. The lowest BCUT2D eigenvalue weighted by atomic mass is 9.74. The van der Waals surface area contributed by atoms with Gasteiger partial charge in [-0.3, -0.25) is 0 Å². The van der Waals surface area contributed by atoms with Gasteiger partial charge in [0.2, 0.25) is 0 Å². The van der Waals surface area contributed by atoms with Gasteiger partial charge in [-0.25, -0.2) is 0 Å². The van der Waals surface area contributed by atoms with Crippen molar-refractivity contribution in [1.82, 2.24) is 5.32 Å². The minimum absolute atomic E-state index is 0.325. The Hall–Kier alpha value is -2.45. The van der Waals surface area contributed by atoms with E-state index in [9.17, 15) is 4.79 Å². The van der Waals surface area contributed by atoms with Crippen LogP contribution in [0.5, 0.6) is 0 Å². The molecule has 0 fully saturated rings. The molecule has 2 aromatic rings. The summed E-state index contributed by atoms with van der Waals surface area (Å²) in [6.07, 6.45) is 12.3. The van der Waals surface area contributed by atoms with Crippen LogP contribution in [0.15, 0.2) is 84.5 Å². The summed E-state index contributed by atoms with van der Waals surface area (Å²) in [4.78, 5) is 10.6. The van der Waals surface area contributed by atoms with E-state index in [0.717, 1.165) is 38.5 Å². The average molecular weight is 345 g/mol. The molecule has 0 unspecified atom stereocenters. The van der Waals surface area contributed by atoms with Crippen LogP contribution in [0.25, 0.3) is 0 Å². The lowest BCUT2D eigenvalue weighted by Gasteiger charge is -2.39. The van der Waals surface area contributed by atoms with E-state index in [4.69, 9.17) is 0 Å². The Balaban J connectivity index is 2.03. The van der Waals surface area contributed by atoms with Gasteiger partial charge in [0.15, 0.2) is 0 Å². The molecule has 3 rings (SSSR count). The molecule has 0 spiro atoms. The van der Waals surface area contributed by atoms with E-state index in [1.165, 1.54) is 16.7 Å². The van der Waals surface area contributed by atoms with Gasteiger partial charge in [-0.2, -0.15) is 0 Å². The van der Waals surface area contributed by atoms with Crippen molar-refractivity contribution < 1.29 is 4.79 Å². The molecule has 2 nitrogen and oxygen atoms in total. The molecule has 2 aromatic carbocycles. The van der Waals surface area contributed by atoms with Crippen LogP contribution in [0.1, 0.15) is 43.2 Å². The highest BCUT2D eigenvalue weighted by atomic mass is 16.1. The van der Waals surface area contributed by atoms with Crippen LogP contribution < -0.4 is 5.32 Å². The Morgan fingerprint density at radius 3 is 2.12 bits per heavy atom. The highest BCUT2D eigenvalue weighted by molar-refractivity contribution is 5.50. The first-order valence-electron chi connectivity index (χ1n) is 9.54. The number of aldehydes is 1. The molecule has 134 valence electrons. The van der Waals surface area contributed by atoms with E-state index >= 15 is 0 Å². The number of hydrogen-bond donors (Lipinski definition) is 1. The highest BCUT2D eigenvalue weighted by Crippen LogP contribution is 2.40. The number of benzene rings is 2. The third kappa shape index (κ3) is 4.03. The Kier molecular flexibility index (Phi) is 6.56. The van der Waals surface area contributed by atoms with E-state index in [1.54, 1.807) is 0 Å². The summed E-state index contributed by atoms with van der Waals surface area (Å²) in [5, 5.41) is 3.88. The summed E-state index contributed by atoms with van der Waals surface area (Å²) in [6.45, 7) is 0.874. The van der Waals surface area contributed by atoms with Crippen molar-refractivity contribution in [2.45, 2.75) is 37.6 Å². The van der Waals surface area contributed by atoms with Gasteiger partial charge >= 0.3 is 0 Å². The van der Waals surface area contributed by atoms with Crippen molar-refractivity contribution >= 4 is 6.29 Å². The summed E-state index contributed by atoms with van der Waals surface area (Å²) >= 11 is 0. The number of allylic oxidation sites excluding steroid dienone is 3. The molecular formula is C24H27NO. The SMILES string of the molecule is O=CCCCCNC(C1=CC=CCC1)(c1ccccc1)c1ccccc1. The molecule has 0 saturated carbocycles. The van der Waals surface area contributed by atoms with Crippen molar-refractivity contribution in [3.8, 4) is 0 Å². The predicted molar refractivity (Wildman–Crippen MR) is 108 cm³/mol. The van der Waals surface area contributed by atoms with Crippen LogP contribution in [-0.2, 0) is 10.3 Å². The van der Waals surface area contributed by atoms with Gasteiger partial charge in [0.25, 0.3) is 0 Å². The standard InChI is InChI=1S/C24H27NO/c26-20-12-4-11-19-25-24(21-13-5-1-6-14-21,22-15-7-2-8-16-22)23-17-9-3-10-18-23/h1-3,5-9,13-17,20,25H,4,10-12,18-19H2. The van der Waals surface area contributed by atoms with Crippen LogP contribution in [0.4, 0.5) is 0 Å². The van der Waals surface area contributed by atoms with Crippen LogP contribution >= 0.6 is 0 Å². The maximum absolute atomic E-state index is 10.6. The summed E-state index contributed by atoms with van der Waals surface area (Å²) in [5.74, 6) is 0. The van der Waals surface area contributed by atoms with E-state index < -0.39 is 0 Å². The third-order valence-corrected chi connectivity index (χ3v) is 5.05. The van der Waals surface area contributed by atoms with Crippen molar-refractivity contribution in [3.05, 3.63) is 95.6 Å². The number of rotatable bonds is 9. The molecule has 26 heavy (non-hydrogen) atoms. The molecule has 1 aliphatic carbocycles.